The minimum absolute atomic E-state index is 0.0512. The summed E-state index contributed by atoms with van der Waals surface area (Å²) in [5, 5.41) is 6.54. The lowest BCUT2D eigenvalue weighted by atomic mass is 9.83. The van der Waals surface area contributed by atoms with Gasteiger partial charge >= 0.3 is 0 Å². The Morgan fingerprint density at radius 1 is 0.367 bits per heavy atom. The quantitative estimate of drug-likeness (QED) is 0.175. The molecule has 0 radical (unpaired) electrons. The van der Waals surface area contributed by atoms with E-state index in [2.05, 4.69) is 12.1 Å². The fourth-order valence-electron chi connectivity index (χ4n) is 7.03. The zero-order chi connectivity index (χ0) is 43.6. The van der Waals surface area contributed by atoms with Crippen LogP contribution in [0.5, 0.6) is 0 Å². The molecular formula is C48H30O. The van der Waals surface area contributed by atoms with Crippen molar-refractivity contribution in [3.05, 3.63) is 182 Å². The maximum atomic E-state index is 9.49. The number of hydrogen-bond donors (Lipinski definition) is 0. The van der Waals surface area contributed by atoms with E-state index in [-0.39, 0.29) is 11.1 Å². The molecule has 1 heteroatoms. The lowest BCUT2D eigenvalue weighted by Gasteiger charge is -2.20. The average Bonchev–Trinajstić information content (AvgIpc) is 3.65. The molecule has 0 fully saturated rings. The summed E-state index contributed by atoms with van der Waals surface area (Å²) in [6.45, 7) is 0. The Bertz CT molecular complexity index is 3510. The molecular weight excluding hydrogens is 593 g/mol. The molecule has 0 bridgehead atoms. The molecule has 0 aliphatic heterocycles. The van der Waals surface area contributed by atoms with Gasteiger partial charge in [-0.15, -0.1) is 0 Å². The van der Waals surface area contributed by atoms with E-state index in [4.69, 9.17) is 16.8 Å². The van der Waals surface area contributed by atoms with E-state index in [9.17, 15) is 5.48 Å². The first-order valence-corrected chi connectivity index (χ1v) is 15.8. The Hall–Kier alpha value is -6.44. The molecule has 0 atom stereocenters. The Morgan fingerprint density at radius 3 is 1.57 bits per heavy atom. The van der Waals surface area contributed by atoms with Gasteiger partial charge in [-0.05, 0) is 95.0 Å². The van der Waals surface area contributed by atoms with Crippen molar-refractivity contribution < 1.29 is 22.2 Å². The van der Waals surface area contributed by atoms with Crippen LogP contribution in [0, 0.1) is 0 Å². The molecule has 0 saturated carbocycles. The highest BCUT2D eigenvalue weighted by Crippen LogP contribution is 2.48. The van der Waals surface area contributed by atoms with E-state index in [0.717, 1.165) is 49.0 Å². The average molecular weight is 636 g/mol. The molecule has 1 heterocycles. The van der Waals surface area contributed by atoms with Gasteiger partial charge in [0.25, 0.3) is 0 Å². The van der Waals surface area contributed by atoms with Crippen molar-refractivity contribution in [2.75, 3.05) is 0 Å². The van der Waals surface area contributed by atoms with E-state index in [0.29, 0.717) is 21.9 Å². The first kappa shape index (κ1) is 17.6. The summed E-state index contributed by atoms with van der Waals surface area (Å²) in [6, 6.07) is 24.3. The van der Waals surface area contributed by atoms with Crippen LogP contribution in [0.15, 0.2) is 186 Å². The largest absolute Gasteiger partial charge is 0.456 e. The third-order valence-corrected chi connectivity index (χ3v) is 9.13. The number of hydrogen-bond acceptors (Lipinski definition) is 1. The first-order valence-electron chi connectivity index (χ1n) is 22.3. The molecule has 1 nitrogen and oxygen atoms in total. The second-order valence-corrected chi connectivity index (χ2v) is 11.8. The maximum Gasteiger partial charge on any atom is 0.136 e. The van der Waals surface area contributed by atoms with E-state index >= 15 is 0 Å². The predicted molar refractivity (Wildman–Crippen MR) is 208 cm³/mol. The van der Waals surface area contributed by atoms with Crippen molar-refractivity contribution in [1.82, 2.24) is 0 Å². The van der Waals surface area contributed by atoms with Crippen LogP contribution in [-0.2, 0) is 0 Å². The summed E-state index contributed by atoms with van der Waals surface area (Å²) in [5.41, 5.74) is 1.68. The minimum atomic E-state index is -0.740. The molecule has 0 amide bonds. The fourth-order valence-corrected chi connectivity index (χ4v) is 7.03. The molecule has 9 aromatic carbocycles. The van der Waals surface area contributed by atoms with Crippen molar-refractivity contribution in [2.24, 2.45) is 0 Å². The van der Waals surface area contributed by atoms with Crippen molar-refractivity contribution in [1.29, 1.82) is 0 Å². The molecule has 10 aromatic rings. The van der Waals surface area contributed by atoms with Gasteiger partial charge in [0.1, 0.15) is 11.2 Å². The third-order valence-electron chi connectivity index (χ3n) is 9.13. The van der Waals surface area contributed by atoms with Gasteiger partial charge < -0.3 is 4.42 Å². The predicted octanol–water partition coefficient (Wildman–Crippen LogP) is 13.7. The van der Waals surface area contributed by atoms with Crippen LogP contribution in [0.2, 0.25) is 0 Å². The summed E-state index contributed by atoms with van der Waals surface area (Å²) in [4.78, 5) is 0. The topological polar surface area (TPSA) is 13.1 Å². The zero-order valence-electron chi connectivity index (χ0n) is 38.7. The monoisotopic (exact) mass is 635 g/mol. The van der Waals surface area contributed by atoms with Crippen LogP contribution < -0.4 is 0 Å². The molecule has 0 saturated heterocycles. The third kappa shape index (κ3) is 4.40. The number of rotatable bonds is 4. The second kappa shape index (κ2) is 11.1. The molecule has 0 aliphatic rings. The van der Waals surface area contributed by atoms with Gasteiger partial charge in [-0.2, -0.15) is 0 Å². The standard InChI is InChI=1S/C48H30O/c1-2-13-31(14-3-1)32-25-27-33(28-26-32)36-17-6-7-18-37(36)46-38-19-8-10-21-40(38)47(41-22-11-9-20-39(41)46)42-23-12-24-44-48(42)43-29-34-15-4-5-16-35(34)30-45(43)49-44/h1-30H/i1D,2D,3D,6D,7D,13D,14D,17D,18D,25D,26D,27D,28D. The highest BCUT2D eigenvalue weighted by molar-refractivity contribution is 6.26. The van der Waals surface area contributed by atoms with E-state index in [1.807, 2.05) is 91.0 Å². The second-order valence-electron chi connectivity index (χ2n) is 11.8. The SMILES string of the molecule is [2H]c1c([2H])c([2H])c(-c2c([2H])c([2H])c(-c3c([2H])c([2H])c([2H])c([2H])c3-c3c4ccccc4c(-c4cccc5oc6cc7ccccc7cc6c45)c4ccccc34)c([2H])c2[2H])c([2H])c1[2H]. The molecule has 0 spiro atoms. The van der Waals surface area contributed by atoms with Gasteiger partial charge in [0.15, 0.2) is 0 Å². The van der Waals surface area contributed by atoms with Crippen LogP contribution in [0.3, 0.4) is 0 Å². The number of fused-ring (bicyclic) bond motifs is 6. The Balaban J connectivity index is 1.33. The summed E-state index contributed by atoms with van der Waals surface area (Å²) < 4.78 is 122. The van der Waals surface area contributed by atoms with Gasteiger partial charge in [0.2, 0.25) is 0 Å². The van der Waals surface area contributed by atoms with Crippen molar-refractivity contribution in [3.8, 4) is 44.5 Å². The summed E-state index contributed by atoms with van der Waals surface area (Å²) in [5.74, 6) is 0. The Labute approximate surface area is 302 Å². The van der Waals surface area contributed by atoms with Gasteiger partial charge in [0.05, 0.1) is 17.8 Å². The van der Waals surface area contributed by atoms with Crippen molar-refractivity contribution in [3.63, 3.8) is 0 Å². The van der Waals surface area contributed by atoms with E-state index < -0.39 is 95.2 Å². The van der Waals surface area contributed by atoms with Gasteiger partial charge in [0, 0.05) is 10.8 Å². The van der Waals surface area contributed by atoms with Gasteiger partial charge in [-0.1, -0.05) is 163 Å². The van der Waals surface area contributed by atoms with Crippen LogP contribution in [0.4, 0.5) is 0 Å². The zero-order valence-corrected chi connectivity index (χ0v) is 25.7. The molecule has 0 unspecified atom stereocenters. The Morgan fingerprint density at radius 2 is 0.898 bits per heavy atom. The normalized spacial score (nSPS) is 15.4. The molecule has 49 heavy (non-hydrogen) atoms. The lowest BCUT2D eigenvalue weighted by Crippen LogP contribution is -1.93. The molecule has 228 valence electrons. The van der Waals surface area contributed by atoms with Crippen molar-refractivity contribution in [2.45, 2.75) is 0 Å². The first-order chi connectivity index (χ1) is 29.7. The maximum absolute atomic E-state index is 9.49. The lowest BCUT2D eigenvalue weighted by molar-refractivity contribution is 0.669. The van der Waals surface area contributed by atoms with Gasteiger partial charge in [-0.25, -0.2) is 0 Å². The molecule has 0 aliphatic carbocycles. The summed E-state index contributed by atoms with van der Waals surface area (Å²) in [7, 11) is 0. The van der Waals surface area contributed by atoms with Crippen LogP contribution in [0.1, 0.15) is 17.8 Å². The van der Waals surface area contributed by atoms with E-state index in [1.54, 1.807) is 0 Å². The van der Waals surface area contributed by atoms with Gasteiger partial charge in [-0.3, -0.25) is 0 Å². The van der Waals surface area contributed by atoms with Crippen molar-refractivity contribution >= 4 is 54.3 Å². The summed E-state index contributed by atoms with van der Waals surface area (Å²) in [6.07, 6.45) is 0. The number of furan rings is 1. The van der Waals surface area contributed by atoms with Crippen LogP contribution in [0.25, 0.3) is 98.8 Å². The molecule has 10 rings (SSSR count). The Kier molecular flexibility index (Phi) is 3.99. The number of benzene rings is 9. The minimum Gasteiger partial charge on any atom is -0.456 e. The summed E-state index contributed by atoms with van der Waals surface area (Å²) >= 11 is 0. The molecule has 0 N–H and O–H groups in total. The highest BCUT2D eigenvalue weighted by atomic mass is 16.3. The smallest absolute Gasteiger partial charge is 0.136 e. The van der Waals surface area contributed by atoms with E-state index in [1.165, 1.54) is 0 Å². The molecule has 1 aromatic heterocycles. The highest BCUT2D eigenvalue weighted by Gasteiger charge is 2.21. The van der Waals surface area contributed by atoms with Crippen LogP contribution >= 0.6 is 0 Å². The fraction of sp³-hybridized carbons (Fsp3) is 0. The van der Waals surface area contributed by atoms with Crippen LogP contribution in [-0.4, -0.2) is 0 Å².